The predicted octanol–water partition coefficient (Wildman–Crippen LogP) is 0.865. The molecule has 0 aliphatic carbocycles. The molecule has 77 heavy (non-hydrogen) atoms. The molecule has 0 saturated carbocycles. The maximum Gasteiger partial charge on any atom is 0.246 e. The van der Waals surface area contributed by atoms with Gasteiger partial charge in [-0.1, -0.05) is 96.1 Å². The molecular weight excluding hydrogens is 991 g/mol. The van der Waals surface area contributed by atoms with E-state index in [1.807, 2.05) is 13.8 Å². The molecule has 3 aromatic carbocycles. The highest BCUT2D eigenvalue weighted by Gasteiger charge is 2.43. The zero-order valence-corrected chi connectivity index (χ0v) is 44.6. The summed E-state index contributed by atoms with van der Waals surface area (Å²) in [5.74, 6) is -8.04. The second-order valence-electron chi connectivity index (χ2n) is 21.4. The van der Waals surface area contributed by atoms with Crippen molar-refractivity contribution >= 4 is 53.2 Å². The summed E-state index contributed by atoms with van der Waals surface area (Å²) in [4.78, 5) is 133. The Morgan fingerprint density at radius 1 is 0.442 bits per heavy atom. The molecule has 6 rings (SSSR count). The van der Waals surface area contributed by atoms with Gasteiger partial charge in [-0.25, -0.2) is 0 Å². The van der Waals surface area contributed by atoms with Gasteiger partial charge in [-0.05, 0) is 90.8 Å². The van der Waals surface area contributed by atoms with Crippen molar-refractivity contribution in [3.05, 3.63) is 95.6 Å². The second-order valence-corrected chi connectivity index (χ2v) is 21.4. The fraction of sp³-hybridized carbons (Fsp3) is 0.518. The summed E-state index contributed by atoms with van der Waals surface area (Å²) in [5.41, 5.74) is 1.71. The second kappa shape index (κ2) is 27.0. The fourth-order valence-corrected chi connectivity index (χ4v) is 10.0. The van der Waals surface area contributed by atoms with Crippen molar-refractivity contribution in [2.24, 2.45) is 17.8 Å². The maximum absolute atomic E-state index is 14.9. The van der Waals surface area contributed by atoms with Crippen molar-refractivity contribution < 1.29 is 58.5 Å². The van der Waals surface area contributed by atoms with Gasteiger partial charge in [0.25, 0.3) is 0 Å². The third-order valence-corrected chi connectivity index (χ3v) is 14.2. The number of aromatic hydroxyl groups is 2. The summed E-state index contributed by atoms with van der Waals surface area (Å²) in [6.45, 7) is 9.74. The molecule has 10 N–H and O–H groups in total. The molecule has 21 heteroatoms. The van der Waals surface area contributed by atoms with Crippen LogP contribution < -0.4 is 37.2 Å². The van der Waals surface area contributed by atoms with E-state index in [1.54, 1.807) is 82.3 Å². The van der Waals surface area contributed by atoms with E-state index >= 15 is 0 Å². The number of nitrogens with one attached hydrogen (secondary N) is 7. The van der Waals surface area contributed by atoms with Crippen LogP contribution in [0.25, 0.3) is 0 Å². The van der Waals surface area contributed by atoms with Crippen LogP contribution >= 0.6 is 0 Å². The number of phenols is 2. The Balaban J connectivity index is 1.42. The van der Waals surface area contributed by atoms with Gasteiger partial charge in [0.05, 0.1) is 6.61 Å². The first kappa shape index (κ1) is 58.7. The number of amides is 9. The molecule has 0 aromatic heterocycles. The summed E-state index contributed by atoms with van der Waals surface area (Å²) < 4.78 is 0. The molecule has 0 spiro atoms. The van der Waals surface area contributed by atoms with E-state index in [0.717, 1.165) is 0 Å². The molecule has 3 fully saturated rings. The van der Waals surface area contributed by atoms with Crippen LogP contribution in [0.3, 0.4) is 0 Å². The molecule has 9 unspecified atom stereocenters. The lowest BCUT2D eigenvalue weighted by Gasteiger charge is -2.32. The smallest absolute Gasteiger partial charge is 0.246 e. The van der Waals surface area contributed by atoms with Gasteiger partial charge in [0.2, 0.25) is 53.2 Å². The Morgan fingerprint density at radius 2 is 0.805 bits per heavy atom. The molecule has 3 aliphatic heterocycles. The standard InChI is InChI=1S/C56H75N9O12/c1-31(2)26-41-55(76)64-24-11-15-45(64)52(73)61-43(30-66)50(71)63-47(33(5)6)54(75)60-42(29-36-18-22-38(68)23-19-36)56(77)65-25-10-14-44(65)51(72)58-39(28-35-16-20-37(67)21-17-35)48(69)57-40(27-34-12-8-7-9-13-34)49(70)62-46(32(3)4)53(74)59-41/h7-9,12-13,16-23,31-33,39-47,66-68H,10-11,14-15,24-30H2,1-6H3,(H,57,69)(H,58,72)(H,59,74)(H,60,75)(H,61,73)(H,62,70)(H,63,71). The van der Waals surface area contributed by atoms with E-state index in [4.69, 9.17) is 0 Å². The van der Waals surface area contributed by atoms with Crippen molar-refractivity contribution in [3.63, 3.8) is 0 Å². The Morgan fingerprint density at radius 3 is 1.25 bits per heavy atom. The van der Waals surface area contributed by atoms with Crippen LogP contribution in [0.15, 0.2) is 78.9 Å². The van der Waals surface area contributed by atoms with Gasteiger partial charge in [-0.3, -0.25) is 43.2 Å². The highest BCUT2D eigenvalue weighted by molar-refractivity contribution is 6.00. The largest absolute Gasteiger partial charge is 0.508 e. The minimum absolute atomic E-state index is 0.0430. The van der Waals surface area contributed by atoms with Crippen LogP contribution in [0.1, 0.15) is 90.3 Å². The third-order valence-electron chi connectivity index (χ3n) is 14.2. The molecule has 21 nitrogen and oxygen atoms in total. The monoisotopic (exact) mass is 1070 g/mol. The van der Waals surface area contributed by atoms with Crippen molar-refractivity contribution in [2.45, 2.75) is 147 Å². The third kappa shape index (κ3) is 15.8. The van der Waals surface area contributed by atoms with Crippen LogP contribution in [0.5, 0.6) is 11.5 Å². The molecule has 9 atom stereocenters. The molecule has 3 saturated heterocycles. The van der Waals surface area contributed by atoms with Crippen molar-refractivity contribution in [1.29, 1.82) is 0 Å². The SMILES string of the molecule is CC(C)CC1NC(=O)C(C(C)C)NC(=O)C(Cc2ccccc2)NC(=O)C(Cc2ccc(O)cc2)NC(=O)C2CCCN2C(=O)C(Cc2ccc(O)cc2)NC(=O)C(C(C)C)NC(=O)C(CO)NC(=O)C2CCCN2C1=O. The van der Waals surface area contributed by atoms with Crippen LogP contribution in [-0.2, 0) is 62.4 Å². The average Bonchev–Trinajstić information content (AvgIpc) is 4.10. The van der Waals surface area contributed by atoms with E-state index in [-0.39, 0.29) is 69.0 Å². The highest BCUT2D eigenvalue weighted by atomic mass is 16.3. The van der Waals surface area contributed by atoms with E-state index in [0.29, 0.717) is 29.5 Å². The first-order chi connectivity index (χ1) is 36.6. The van der Waals surface area contributed by atoms with Crippen LogP contribution in [-0.4, -0.2) is 152 Å². The number of carbonyl (C=O) groups is 9. The number of aliphatic hydroxyl groups is 1. The molecule has 3 aliphatic rings. The van der Waals surface area contributed by atoms with Gasteiger partial charge in [0.15, 0.2) is 0 Å². The molecule has 3 aromatic rings. The van der Waals surface area contributed by atoms with Gasteiger partial charge < -0.3 is 62.3 Å². The van der Waals surface area contributed by atoms with E-state index in [9.17, 15) is 58.5 Å². The molecule has 0 radical (unpaired) electrons. The van der Waals surface area contributed by atoms with Gasteiger partial charge in [-0.2, -0.15) is 0 Å². The lowest BCUT2D eigenvalue weighted by Crippen LogP contribution is -2.61. The summed E-state index contributed by atoms with van der Waals surface area (Å²) >= 11 is 0. The summed E-state index contributed by atoms with van der Waals surface area (Å²) in [6, 6.07) is 9.16. The Bertz CT molecular complexity index is 2580. The number of fused-ring (bicyclic) bond motifs is 2. The minimum Gasteiger partial charge on any atom is -0.508 e. The molecular formula is C56H75N9O12. The average molecular weight is 1070 g/mol. The van der Waals surface area contributed by atoms with Gasteiger partial charge in [-0.15, -0.1) is 0 Å². The summed E-state index contributed by atoms with van der Waals surface area (Å²) in [5, 5.41) is 49.9. The zero-order chi connectivity index (χ0) is 56.1. The van der Waals surface area contributed by atoms with E-state index < -0.39 is 126 Å². The quantitative estimate of drug-likeness (QED) is 0.128. The Labute approximate surface area is 449 Å². The van der Waals surface area contributed by atoms with Crippen molar-refractivity contribution in [3.8, 4) is 11.5 Å². The lowest BCUT2D eigenvalue weighted by molar-refractivity contribution is -0.143. The van der Waals surface area contributed by atoms with Crippen molar-refractivity contribution in [2.75, 3.05) is 19.7 Å². The van der Waals surface area contributed by atoms with Crippen LogP contribution in [0.4, 0.5) is 0 Å². The van der Waals surface area contributed by atoms with Crippen LogP contribution in [0, 0.1) is 17.8 Å². The molecule has 3 heterocycles. The normalized spacial score (nSPS) is 26.0. The van der Waals surface area contributed by atoms with Gasteiger partial charge >= 0.3 is 0 Å². The number of nitrogens with zero attached hydrogens (tertiary/aromatic N) is 2. The van der Waals surface area contributed by atoms with Gasteiger partial charge in [0, 0.05) is 32.4 Å². The number of phenolic OH excluding ortho intramolecular Hbond substituents is 2. The number of hydrogen-bond acceptors (Lipinski definition) is 12. The van der Waals surface area contributed by atoms with E-state index in [1.165, 1.54) is 34.1 Å². The molecule has 9 amide bonds. The molecule has 0 bridgehead atoms. The highest BCUT2D eigenvalue weighted by Crippen LogP contribution is 2.24. The zero-order valence-electron chi connectivity index (χ0n) is 44.6. The lowest BCUT2D eigenvalue weighted by atomic mass is 9.98. The maximum atomic E-state index is 14.9. The topological polar surface area (TPSA) is 305 Å². The molecule has 416 valence electrons. The summed E-state index contributed by atoms with van der Waals surface area (Å²) in [6.07, 6.45) is 0.990. The number of aliphatic hydroxyl groups excluding tert-OH is 1. The number of rotatable bonds is 11. The first-order valence-corrected chi connectivity index (χ1v) is 26.6. The fourth-order valence-electron chi connectivity index (χ4n) is 10.0. The predicted molar refractivity (Wildman–Crippen MR) is 283 cm³/mol. The Kier molecular flexibility index (Phi) is 20.6. The minimum atomic E-state index is -1.58. The first-order valence-electron chi connectivity index (χ1n) is 26.6. The number of hydrogen-bond donors (Lipinski definition) is 10. The number of benzene rings is 3. The van der Waals surface area contributed by atoms with Gasteiger partial charge in [0.1, 0.15) is 65.9 Å². The number of carbonyl (C=O) groups excluding carboxylic acids is 9. The van der Waals surface area contributed by atoms with Crippen molar-refractivity contribution in [1.82, 2.24) is 47.0 Å². The van der Waals surface area contributed by atoms with Crippen LogP contribution in [0.2, 0.25) is 0 Å². The Hall–Kier alpha value is -7.55. The van der Waals surface area contributed by atoms with E-state index in [2.05, 4.69) is 37.2 Å². The summed E-state index contributed by atoms with van der Waals surface area (Å²) in [7, 11) is 0.